The molecule has 0 aliphatic carbocycles. The lowest BCUT2D eigenvalue weighted by Gasteiger charge is -2.34. The first-order valence-corrected chi connectivity index (χ1v) is 11.2. The van der Waals surface area contributed by atoms with Gasteiger partial charge in [0.2, 0.25) is 5.91 Å². The number of benzene rings is 2. The molecule has 1 fully saturated rings. The Hall–Kier alpha value is -2.70. The zero-order valence-electron chi connectivity index (χ0n) is 17.4. The van der Waals surface area contributed by atoms with E-state index in [-0.39, 0.29) is 5.91 Å². The van der Waals surface area contributed by atoms with Gasteiger partial charge >= 0.3 is 0 Å². The number of aromatic nitrogens is 1. The summed E-state index contributed by atoms with van der Waals surface area (Å²) in [7, 11) is 0. The van der Waals surface area contributed by atoms with Crippen LogP contribution in [0.3, 0.4) is 0 Å². The number of rotatable bonds is 4. The predicted molar refractivity (Wildman–Crippen MR) is 121 cm³/mol. The van der Waals surface area contributed by atoms with Crippen LogP contribution in [0.5, 0.6) is 0 Å². The third-order valence-corrected chi connectivity index (χ3v) is 7.05. The zero-order valence-corrected chi connectivity index (χ0v) is 18.2. The van der Waals surface area contributed by atoms with E-state index < -0.39 is 0 Å². The second-order valence-corrected chi connectivity index (χ2v) is 9.22. The van der Waals surface area contributed by atoms with E-state index in [1.54, 1.807) is 17.6 Å². The maximum absolute atomic E-state index is 12.9. The molecule has 30 heavy (non-hydrogen) atoms. The molecular formula is C24H25N3O2S. The molecule has 0 spiro atoms. The minimum absolute atomic E-state index is 0.176. The van der Waals surface area contributed by atoms with E-state index in [9.17, 15) is 4.79 Å². The van der Waals surface area contributed by atoms with Crippen LogP contribution in [0, 0.1) is 13.8 Å². The summed E-state index contributed by atoms with van der Waals surface area (Å²) in [5.41, 5.74) is 5.35. The van der Waals surface area contributed by atoms with E-state index in [0.717, 1.165) is 59.8 Å². The molecule has 0 unspecified atom stereocenters. The summed E-state index contributed by atoms with van der Waals surface area (Å²) in [6.45, 7) is 8.31. The molecule has 0 saturated carbocycles. The Kier molecular flexibility index (Phi) is 5.05. The lowest BCUT2D eigenvalue weighted by Crippen LogP contribution is -2.48. The van der Waals surface area contributed by atoms with Crippen LogP contribution in [-0.2, 0) is 17.8 Å². The number of carbonyl (C=O) groups excluding carboxylic acids is 1. The molecule has 1 amide bonds. The van der Waals surface area contributed by atoms with Gasteiger partial charge in [0.25, 0.3) is 0 Å². The zero-order chi connectivity index (χ0) is 20.7. The first kappa shape index (κ1) is 19.3. The van der Waals surface area contributed by atoms with Crippen molar-refractivity contribution in [3.8, 4) is 0 Å². The Labute approximate surface area is 179 Å². The minimum Gasteiger partial charge on any atom is -0.464 e. The third kappa shape index (κ3) is 3.73. The molecule has 6 heteroatoms. The minimum atomic E-state index is 0.176. The Bertz CT molecular complexity index is 1180. The van der Waals surface area contributed by atoms with Gasteiger partial charge in [-0.05, 0) is 49.2 Å². The van der Waals surface area contributed by atoms with Crippen molar-refractivity contribution in [1.29, 1.82) is 0 Å². The van der Waals surface area contributed by atoms with Gasteiger partial charge in [-0.15, -0.1) is 11.3 Å². The normalized spacial score (nSPS) is 15.3. The van der Waals surface area contributed by atoms with E-state index >= 15 is 0 Å². The van der Waals surface area contributed by atoms with Crippen LogP contribution >= 0.6 is 11.3 Å². The fourth-order valence-electron chi connectivity index (χ4n) is 4.08. The van der Waals surface area contributed by atoms with Gasteiger partial charge in [-0.3, -0.25) is 9.69 Å². The fourth-order valence-corrected chi connectivity index (χ4v) is 5.09. The summed E-state index contributed by atoms with van der Waals surface area (Å²) in [5.74, 6) is 0.176. The molecule has 1 saturated heterocycles. The topological polar surface area (TPSA) is 49.6 Å². The molecule has 4 aromatic rings. The summed E-state index contributed by atoms with van der Waals surface area (Å²) < 4.78 is 6.93. The van der Waals surface area contributed by atoms with Crippen LogP contribution in [0.1, 0.15) is 21.7 Å². The van der Waals surface area contributed by atoms with Gasteiger partial charge in [-0.2, -0.15) is 0 Å². The van der Waals surface area contributed by atoms with Gasteiger partial charge in [-0.1, -0.05) is 12.1 Å². The average Bonchev–Trinajstić information content (AvgIpc) is 3.32. The summed E-state index contributed by atoms with van der Waals surface area (Å²) >= 11 is 1.76. The van der Waals surface area contributed by atoms with Crippen molar-refractivity contribution in [2.45, 2.75) is 26.8 Å². The molecule has 0 N–H and O–H groups in total. The van der Waals surface area contributed by atoms with E-state index in [0.29, 0.717) is 6.42 Å². The Balaban J connectivity index is 1.20. The smallest absolute Gasteiger partial charge is 0.227 e. The number of amides is 1. The summed E-state index contributed by atoms with van der Waals surface area (Å²) in [4.78, 5) is 22.0. The van der Waals surface area contributed by atoms with Gasteiger partial charge in [0.05, 0.1) is 29.4 Å². The fraction of sp³-hybridized carbons (Fsp3) is 0.333. The van der Waals surface area contributed by atoms with Crippen molar-refractivity contribution >= 4 is 38.4 Å². The van der Waals surface area contributed by atoms with Crippen molar-refractivity contribution in [3.05, 3.63) is 64.4 Å². The highest BCUT2D eigenvalue weighted by Crippen LogP contribution is 2.26. The van der Waals surface area contributed by atoms with Gasteiger partial charge in [0, 0.05) is 37.1 Å². The molecular weight excluding hydrogens is 394 g/mol. The van der Waals surface area contributed by atoms with Crippen molar-refractivity contribution in [1.82, 2.24) is 14.8 Å². The van der Waals surface area contributed by atoms with Gasteiger partial charge in [-0.25, -0.2) is 4.98 Å². The maximum Gasteiger partial charge on any atom is 0.227 e. The SMILES string of the molecule is Cc1cc2occ(CC(=O)N3CCN(Cc4nc5ccccc5s4)CC3)c2cc1C. The molecule has 0 radical (unpaired) electrons. The number of para-hydroxylation sites is 1. The third-order valence-electron chi connectivity index (χ3n) is 6.03. The lowest BCUT2D eigenvalue weighted by atomic mass is 10.0. The Morgan fingerprint density at radius 2 is 1.87 bits per heavy atom. The standard InChI is InChI=1S/C24H25N3O2S/c1-16-11-19-18(15-29-21(19)12-17(16)2)13-24(28)27-9-7-26(8-10-27)14-23-25-20-5-3-4-6-22(20)30-23/h3-6,11-12,15H,7-10,13-14H2,1-2H3. The van der Waals surface area contributed by atoms with Crippen LogP contribution in [-0.4, -0.2) is 46.9 Å². The van der Waals surface area contributed by atoms with Gasteiger partial charge in [0.1, 0.15) is 10.6 Å². The largest absolute Gasteiger partial charge is 0.464 e. The second kappa shape index (κ2) is 7.85. The average molecular weight is 420 g/mol. The van der Waals surface area contributed by atoms with E-state index in [4.69, 9.17) is 9.40 Å². The van der Waals surface area contributed by atoms with E-state index in [1.165, 1.54) is 15.8 Å². The molecule has 2 aromatic carbocycles. The number of hydrogen-bond donors (Lipinski definition) is 0. The highest BCUT2D eigenvalue weighted by atomic mass is 32.1. The number of furan rings is 1. The first-order chi connectivity index (χ1) is 14.6. The number of fused-ring (bicyclic) bond motifs is 2. The molecule has 5 nitrogen and oxygen atoms in total. The lowest BCUT2D eigenvalue weighted by molar-refractivity contribution is -0.132. The predicted octanol–water partition coefficient (Wildman–Crippen LogP) is 4.55. The van der Waals surface area contributed by atoms with Gasteiger partial charge in [0.15, 0.2) is 0 Å². The number of thiazole rings is 1. The molecule has 1 aliphatic heterocycles. The monoisotopic (exact) mass is 419 g/mol. The number of carbonyl (C=O) groups is 1. The van der Waals surface area contributed by atoms with Gasteiger partial charge < -0.3 is 9.32 Å². The number of piperazine rings is 1. The van der Waals surface area contributed by atoms with Crippen LogP contribution < -0.4 is 0 Å². The van der Waals surface area contributed by atoms with Crippen molar-refractivity contribution < 1.29 is 9.21 Å². The maximum atomic E-state index is 12.9. The van der Waals surface area contributed by atoms with Crippen LogP contribution in [0.25, 0.3) is 21.2 Å². The molecule has 154 valence electrons. The van der Waals surface area contributed by atoms with Crippen LogP contribution in [0.4, 0.5) is 0 Å². The van der Waals surface area contributed by atoms with Crippen molar-refractivity contribution in [3.63, 3.8) is 0 Å². The van der Waals surface area contributed by atoms with Crippen LogP contribution in [0.15, 0.2) is 47.1 Å². The number of aryl methyl sites for hydroxylation is 2. The molecule has 0 atom stereocenters. The van der Waals surface area contributed by atoms with Crippen molar-refractivity contribution in [2.75, 3.05) is 26.2 Å². The highest BCUT2D eigenvalue weighted by molar-refractivity contribution is 7.18. The van der Waals surface area contributed by atoms with Crippen molar-refractivity contribution in [2.24, 2.45) is 0 Å². The summed E-state index contributed by atoms with van der Waals surface area (Å²) in [6, 6.07) is 12.5. The second-order valence-electron chi connectivity index (χ2n) is 8.10. The molecule has 2 aromatic heterocycles. The molecule has 3 heterocycles. The quantitative estimate of drug-likeness (QED) is 0.487. The Morgan fingerprint density at radius 1 is 1.10 bits per heavy atom. The summed E-state index contributed by atoms with van der Waals surface area (Å²) in [5, 5.41) is 2.20. The Morgan fingerprint density at radius 3 is 2.67 bits per heavy atom. The number of hydrogen-bond acceptors (Lipinski definition) is 5. The summed E-state index contributed by atoms with van der Waals surface area (Å²) in [6.07, 6.45) is 2.14. The van der Waals surface area contributed by atoms with E-state index in [2.05, 4.69) is 49.1 Å². The first-order valence-electron chi connectivity index (χ1n) is 10.4. The van der Waals surface area contributed by atoms with E-state index in [1.807, 2.05) is 11.0 Å². The molecule has 5 rings (SSSR count). The highest BCUT2D eigenvalue weighted by Gasteiger charge is 2.23. The number of nitrogens with zero attached hydrogens (tertiary/aromatic N) is 3. The van der Waals surface area contributed by atoms with Crippen LogP contribution in [0.2, 0.25) is 0 Å². The molecule has 0 bridgehead atoms. The molecule has 1 aliphatic rings.